The van der Waals surface area contributed by atoms with E-state index in [9.17, 15) is 0 Å². The van der Waals surface area contributed by atoms with Crippen LogP contribution in [-0.4, -0.2) is 16.2 Å². The van der Waals surface area contributed by atoms with Crippen molar-refractivity contribution in [1.29, 1.82) is 0 Å². The second-order valence-electron chi connectivity index (χ2n) is 6.38. The van der Waals surface area contributed by atoms with E-state index < -0.39 is 0 Å². The van der Waals surface area contributed by atoms with Crippen LogP contribution in [0, 0.1) is 0 Å². The zero-order chi connectivity index (χ0) is 19.2. The number of thioether (sulfide) groups is 1. The molecule has 0 fully saturated rings. The molecule has 0 N–H and O–H groups in total. The highest BCUT2D eigenvalue weighted by Crippen LogP contribution is 2.39. The average Bonchev–Trinajstić information content (AvgIpc) is 2.79. The molecule has 28 heavy (non-hydrogen) atoms. The molecule has 2 aromatic heterocycles. The Morgan fingerprint density at radius 2 is 1.43 bits per heavy atom. The van der Waals surface area contributed by atoms with Crippen molar-refractivity contribution in [1.82, 2.24) is 9.97 Å². The van der Waals surface area contributed by atoms with E-state index in [-0.39, 0.29) is 6.04 Å². The van der Waals surface area contributed by atoms with Crippen molar-refractivity contribution in [3.05, 3.63) is 115 Å². The Labute approximate surface area is 170 Å². The van der Waals surface area contributed by atoms with Crippen LogP contribution in [0.25, 0.3) is 0 Å². The number of benzene rings is 2. The smallest absolute Gasteiger partial charge is 0.0860 e. The highest BCUT2D eigenvalue weighted by Gasteiger charge is 2.25. The summed E-state index contributed by atoms with van der Waals surface area (Å²) in [6, 6.07) is 27.4. The molecule has 3 nitrogen and oxygen atoms in total. The summed E-state index contributed by atoms with van der Waals surface area (Å²) in [4.78, 5) is 12.3. The third-order valence-corrected chi connectivity index (χ3v) is 5.35. The Hall–Kier alpha value is -3.11. The molecule has 0 saturated carbocycles. The van der Waals surface area contributed by atoms with Gasteiger partial charge < -0.3 is 4.90 Å². The van der Waals surface area contributed by atoms with E-state index >= 15 is 0 Å². The van der Waals surface area contributed by atoms with Crippen molar-refractivity contribution in [2.24, 2.45) is 0 Å². The summed E-state index contributed by atoms with van der Waals surface area (Å²) in [5, 5.41) is 0. The van der Waals surface area contributed by atoms with Gasteiger partial charge in [0.1, 0.15) is 0 Å². The Morgan fingerprint density at radius 1 is 0.714 bits per heavy atom. The van der Waals surface area contributed by atoms with Crippen LogP contribution in [0.4, 0.5) is 11.4 Å². The molecule has 0 radical (unpaired) electrons. The molecule has 1 atom stereocenters. The van der Waals surface area contributed by atoms with Crippen molar-refractivity contribution < 1.29 is 0 Å². The number of pyridine rings is 2. The van der Waals surface area contributed by atoms with Gasteiger partial charge in [-0.25, -0.2) is 0 Å². The lowest BCUT2D eigenvalue weighted by atomic mass is 9.97. The Bertz CT molecular complexity index is 968. The summed E-state index contributed by atoms with van der Waals surface area (Å²) in [6.45, 7) is 0. The minimum absolute atomic E-state index is 0.0174. The summed E-state index contributed by atoms with van der Waals surface area (Å²) in [5.41, 5.74) is 4.50. The van der Waals surface area contributed by atoms with Gasteiger partial charge in [-0.1, -0.05) is 42.5 Å². The van der Waals surface area contributed by atoms with Crippen LogP contribution in [0.1, 0.15) is 17.2 Å². The van der Waals surface area contributed by atoms with E-state index in [0.717, 1.165) is 16.9 Å². The number of aromatic nitrogens is 2. The SMILES string of the molecule is CSc1cccc(N(c2cccnc2)C(c2ccccc2)c2cccnc2)c1. The van der Waals surface area contributed by atoms with Gasteiger partial charge in [0.2, 0.25) is 0 Å². The van der Waals surface area contributed by atoms with Crippen molar-refractivity contribution >= 4 is 23.1 Å². The molecule has 2 heterocycles. The second kappa shape index (κ2) is 8.72. The predicted molar refractivity (Wildman–Crippen MR) is 117 cm³/mol. The first-order chi connectivity index (χ1) is 13.9. The maximum Gasteiger partial charge on any atom is 0.0860 e. The molecule has 0 aliphatic heterocycles. The predicted octanol–water partition coefficient (Wildman–Crippen LogP) is 6.13. The lowest BCUT2D eigenvalue weighted by Gasteiger charge is -2.34. The molecule has 4 rings (SSSR count). The summed E-state index contributed by atoms with van der Waals surface area (Å²) in [6.07, 6.45) is 9.58. The fourth-order valence-electron chi connectivity index (χ4n) is 3.37. The van der Waals surface area contributed by atoms with Crippen LogP contribution >= 0.6 is 11.8 Å². The first-order valence-corrected chi connectivity index (χ1v) is 10.4. The van der Waals surface area contributed by atoms with Crippen LogP contribution in [-0.2, 0) is 0 Å². The molecular formula is C24H21N3S. The lowest BCUT2D eigenvalue weighted by molar-refractivity contribution is 0.810. The Balaban J connectivity index is 1.94. The van der Waals surface area contributed by atoms with Crippen LogP contribution in [0.3, 0.4) is 0 Å². The number of nitrogens with zero attached hydrogens (tertiary/aromatic N) is 3. The zero-order valence-corrected chi connectivity index (χ0v) is 16.5. The third kappa shape index (κ3) is 3.92. The molecule has 0 aliphatic carbocycles. The fraction of sp³-hybridized carbons (Fsp3) is 0.0833. The standard InChI is InChI=1S/C24H21N3S/c1-28-23-13-5-11-21(16-23)27(22-12-7-15-26-18-22)24(19-8-3-2-4-9-19)20-10-6-14-25-17-20/h2-18,24H,1H3. The first kappa shape index (κ1) is 18.3. The number of rotatable bonds is 6. The molecule has 0 bridgehead atoms. The summed E-state index contributed by atoms with van der Waals surface area (Å²) in [7, 11) is 0. The maximum absolute atomic E-state index is 4.39. The van der Waals surface area contributed by atoms with Crippen molar-refractivity contribution in [2.75, 3.05) is 11.2 Å². The van der Waals surface area contributed by atoms with Crippen LogP contribution < -0.4 is 4.90 Å². The topological polar surface area (TPSA) is 29.0 Å². The van der Waals surface area contributed by atoms with E-state index in [1.54, 1.807) is 11.8 Å². The van der Waals surface area contributed by atoms with Gasteiger partial charge >= 0.3 is 0 Å². The molecule has 1 unspecified atom stereocenters. The van der Waals surface area contributed by atoms with Crippen LogP contribution in [0.2, 0.25) is 0 Å². The van der Waals surface area contributed by atoms with Crippen molar-refractivity contribution in [3.8, 4) is 0 Å². The normalized spacial score (nSPS) is 11.8. The minimum atomic E-state index is -0.0174. The van der Waals surface area contributed by atoms with E-state index in [4.69, 9.17) is 0 Å². The van der Waals surface area contributed by atoms with Gasteiger partial charge in [0.15, 0.2) is 0 Å². The highest BCUT2D eigenvalue weighted by molar-refractivity contribution is 7.98. The third-order valence-electron chi connectivity index (χ3n) is 4.63. The summed E-state index contributed by atoms with van der Waals surface area (Å²) in [5.74, 6) is 0. The average molecular weight is 384 g/mol. The zero-order valence-electron chi connectivity index (χ0n) is 15.6. The molecule has 0 aliphatic rings. The lowest BCUT2D eigenvalue weighted by Crippen LogP contribution is -2.25. The van der Waals surface area contributed by atoms with E-state index in [1.165, 1.54) is 10.5 Å². The Kier molecular flexibility index (Phi) is 5.69. The van der Waals surface area contributed by atoms with Gasteiger partial charge in [0, 0.05) is 29.2 Å². The van der Waals surface area contributed by atoms with Crippen molar-refractivity contribution in [2.45, 2.75) is 10.9 Å². The van der Waals surface area contributed by atoms with E-state index in [0.29, 0.717) is 0 Å². The van der Waals surface area contributed by atoms with Crippen molar-refractivity contribution in [3.63, 3.8) is 0 Å². The largest absolute Gasteiger partial charge is 0.328 e. The molecule has 4 heteroatoms. The summed E-state index contributed by atoms with van der Waals surface area (Å²) < 4.78 is 0. The van der Waals surface area contributed by atoms with E-state index in [2.05, 4.69) is 81.8 Å². The first-order valence-electron chi connectivity index (χ1n) is 9.15. The fourth-order valence-corrected chi connectivity index (χ4v) is 3.82. The van der Waals surface area contributed by atoms with Gasteiger partial charge in [-0.2, -0.15) is 0 Å². The van der Waals surface area contributed by atoms with E-state index in [1.807, 2.05) is 43.0 Å². The molecular weight excluding hydrogens is 362 g/mol. The van der Waals surface area contributed by atoms with Gasteiger partial charge in [-0.05, 0) is 53.8 Å². The molecule has 138 valence electrons. The number of hydrogen-bond donors (Lipinski definition) is 0. The van der Waals surface area contributed by atoms with Crippen LogP contribution in [0.5, 0.6) is 0 Å². The molecule has 0 amide bonds. The molecule has 2 aromatic carbocycles. The molecule has 0 saturated heterocycles. The van der Waals surface area contributed by atoms with Gasteiger partial charge in [0.05, 0.1) is 17.9 Å². The number of anilines is 2. The Morgan fingerprint density at radius 3 is 2.11 bits per heavy atom. The molecule has 4 aromatic rings. The molecule has 0 spiro atoms. The monoisotopic (exact) mass is 383 g/mol. The quantitative estimate of drug-likeness (QED) is 0.375. The van der Waals surface area contributed by atoms with Gasteiger partial charge in [-0.3, -0.25) is 9.97 Å². The highest BCUT2D eigenvalue weighted by atomic mass is 32.2. The van der Waals surface area contributed by atoms with Crippen LogP contribution in [0.15, 0.2) is 109 Å². The minimum Gasteiger partial charge on any atom is -0.328 e. The number of hydrogen-bond acceptors (Lipinski definition) is 4. The summed E-state index contributed by atoms with van der Waals surface area (Å²) >= 11 is 1.74. The maximum atomic E-state index is 4.39. The van der Waals surface area contributed by atoms with Gasteiger partial charge in [-0.15, -0.1) is 11.8 Å². The van der Waals surface area contributed by atoms with Gasteiger partial charge in [0.25, 0.3) is 0 Å². The second-order valence-corrected chi connectivity index (χ2v) is 7.26.